The number of carbonyl (C=O) groups excluding carboxylic acids is 3. The van der Waals surface area contributed by atoms with E-state index in [9.17, 15) is 14.4 Å². The first-order chi connectivity index (χ1) is 11.0. The molecular formula is C17H20N2O4. The van der Waals surface area contributed by atoms with Crippen LogP contribution in [0.5, 0.6) is 0 Å². The van der Waals surface area contributed by atoms with Gasteiger partial charge in [0.25, 0.3) is 5.91 Å². The number of hydrogen-bond acceptors (Lipinski definition) is 4. The summed E-state index contributed by atoms with van der Waals surface area (Å²) in [5.74, 6) is -0.883. The van der Waals surface area contributed by atoms with Gasteiger partial charge in [0.1, 0.15) is 0 Å². The third-order valence-electron chi connectivity index (χ3n) is 3.27. The third-order valence-corrected chi connectivity index (χ3v) is 3.27. The fourth-order valence-electron chi connectivity index (χ4n) is 2.28. The Morgan fingerprint density at radius 3 is 2.78 bits per heavy atom. The first-order valence-electron chi connectivity index (χ1n) is 7.47. The van der Waals surface area contributed by atoms with Gasteiger partial charge >= 0.3 is 5.97 Å². The van der Waals surface area contributed by atoms with Gasteiger partial charge in [-0.2, -0.15) is 0 Å². The van der Waals surface area contributed by atoms with Gasteiger partial charge in [-0.1, -0.05) is 11.6 Å². The van der Waals surface area contributed by atoms with Gasteiger partial charge in [-0.15, -0.1) is 0 Å². The summed E-state index contributed by atoms with van der Waals surface area (Å²) in [6, 6.07) is 7.05. The summed E-state index contributed by atoms with van der Waals surface area (Å²) < 4.78 is 4.84. The van der Waals surface area contributed by atoms with Crippen LogP contribution in [0.15, 0.2) is 35.9 Å². The molecule has 1 aromatic carbocycles. The standard InChI is InChI=1S/C17H20N2O4/c1-12(2)9-17(22)23-11-15(20)18-13-5-3-6-14(10-13)19-8-4-7-16(19)21/h3,5-6,9-10H,4,7-8,11H2,1-2H3,(H,18,20). The maximum Gasteiger partial charge on any atom is 0.331 e. The molecule has 0 radical (unpaired) electrons. The van der Waals surface area contributed by atoms with E-state index < -0.39 is 11.9 Å². The number of esters is 1. The average Bonchev–Trinajstić information content (AvgIpc) is 2.91. The van der Waals surface area contributed by atoms with E-state index in [0.717, 1.165) is 17.7 Å². The topological polar surface area (TPSA) is 75.7 Å². The lowest BCUT2D eigenvalue weighted by molar-refractivity contribution is -0.142. The molecule has 1 aromatic rings. The van der Waals surface area contributed by atoms with Crippen LogP contribution < -0.4 is 10.2 Å². The molecule has 6 nitrogen and oxygen atoms in total. The van der Waals surface area contributed by atoms with Crippen molar-refractivity contribution in [2.24, 2.45) is 0 Å². The molecule has 23 heavy (non-hydrogen) atoms. The second kappa shape index (κ2) is 7.58. The summed E-state index contributed by atoms with van der Waals surface area (Å²) in [6.45, 7) is 3.88. The SMILES string of the molecule is CC(C)=CC(=O)OCC(=O)Nc1cccc(N2CCCC2=O)c1. The van der Waals surface area contributed by atoms with E-state index in [1.165, 1.54) is 6.08 Å². The summed E-state index contributed by atoms with van der Waals surface area (Å²) in [5, 5.41) is 2.65. The van der Waals surface area contributed by atoms with Crippen molar-refractivity contribution >= 4 is 29.2 Å². The van der Waals surface area contributed by atoms with Crippen LogP contribution in [0.25, 0.3) is 0 Å². The molecule has 6 heteroatoms. The monoisotopic (exact) mass is 316 g/mol. The number of hydrogen-bond donors (Lipinski definition) is 1. The Labute approximate surface area is 135 Å². The van der Waals surface area contributed by atoms with Crippen molar-refractivity contribution in [2.45, 2.75) is 26.7 Å². The molecule has 0 spiro atoms. The number of rotatable bonds is 5. The van der Waals surface area contributed by atoms with Gasteiger partial charge in [-0.25, -0.2) is 4.79 Å². The zero-order chi connectivity index (χ0) is 16.8. The predicted molar refractivity (Wildman–Crippen MR) is 87.0 cm³/mol. The van der Waals surface area contributed by atoms with Gasteiger partial charge in [-0.05, 0) is 38.5 Å². The van der Waals surface area contributed by atoms with Crippen molar-refractivity contribution < 1.29 is 19.1 Å². The normalized spacial score (nSPS) is 13.7. The second-order valence-electron chi connectivity index (χ2n) is 5.58. The summed E-state index contributed by atoms with van der Waals surface area (Å²) in [4.78, 5) is 36.6. The van der Waals surface area contributed by atoms with Gasteiger partial charge in [0.2, 0.25) is 5.91 Å². The molecule has 1 N–H and O–H groups in total. The molecule has 0 atom stereocenters. The van der Waals surface area contributed by atoms with E-state index in [1.807, 2.05) is 6.07 Å². The van der Waals surface area contributed by atoms with Crippen LogP contribution >= 0.6 is 0 Å². The van der Waals surface area contributed by atoms with Gasteiger partial charge in [0.15, 0.2) is 6.61 Å². The van der Waals surface area contributed by atoms with Crippen LogP contribution in [0.3, 0.4) is 0 Å². The van der Waals surface area contributed by atoms with Crippen molar-refractivity contribution in [3.8, 4) is 0 Å². The molecule has 0 saturated carbocycles. The van der Waals surface area contributed by atoms with E-state index in [2.05, 4.69) is 5.32 Å². The number of carbonyl (C=O) groups is 3. The van der Waals surface area contributed by atoms with Crippen LogP contribution in [-0.4, -0.2) is 30.9 Å². The molecule has 1 aliphatic heterocycles. The van der Waals surface area contributed by atoms with E-state index in [1.54, 1.807) is 36.9 Å². The predicted octanol–water partition coefficient (Wildman–Crippen LogP) is 2.26. The highest BCUT2D eigenvalue weighted by molar-refractivity contribution is 5.97. The minimum Gasteiger partial charge on any atom is -0.452 e. The summed E-state index contributed by atoms with van der Waals surface area (Å²) in [6.07, 6.45) is 2.72. The molecule has 1 heterocycles. The number of nitrogens with zero attached hydrogens (tertiary/aromatic N) is 1. The van der Waals surface area contributed by atoms with Gasteiger partial charge in [0, 0.05) is 30.4 Å². The number of ether oxygens (including phenoxy) is 1. The van der Waals surface area contributed by atoms with Crippen LogP contribution in [-0.2, 0) is 19.1 Å². The Bertz CT molecular complexity index is 648. The maximum atomic E-state index is 11.8. The molecule has 1 fully saturated rings. The number of anilines is 2. The molecular weight excluding hydrogens is 296 g/mol. The Kier molecular flexibility index (Phi) is 5.51. The molecule has 0 aliphatic carbocycles. The first-order valence-corrected chi connectivity index (χ1v) is 7.47. The fourth-order valence-corrected chi connectivity index (χ4v) is 2.28. The van der Waals surface area contributed by atoms with Gasteiger partial charge < -0.3 is 15.0 Å². The number of amides is 2. The Hall–Kier alpha value is -2.63. The van der Waals surface area contributed by atoms with Crippen molar-refractivity contribution in [1.82, 2.24) is 0 Å². The minimum absolute atomic E-state index is 0.0872. The van der Waals surface area contributed by atoms with Crippen LogP contribution in [0.2, 0.25) is 0 Å². The third kappa shape index (κ3) is 4.95. The van der Waals surface area contributed by atoms with Crippen molar-refractivity contribution in [1.29, 1.82) is 0 Å². The van der Waals surface area contributed by atoms with E-state index in [4.69, 9.17) is 4.74 Å². The molecule has 2 amide bonds. The fraction of sp³-hybridized carbons (Fsp3) is 0.353. The highest BCUT2D eigenvalue weighted by atomic mass is 16.5. The molecule has 0 unspecified atom stereocenters. The van der Waals surface area contributed by atoms with Crippen LogP contribution in [0.4, 0.5) is 11.4 Å². The summed E-state index contributed by atoms with van der Waals surface area (Å²) >= 11 is 0. The number of nitrogens with one attached hydrogen (secondary N) is 1. The zero-order valence-corrected chi connectivity index (χ0v) is 13.3. The van der Waals surface area contributed by atoms with E-state index in [0.29, 0.717) is 18.7 Å². The Morgan fingerprint density at radius 1 is 1.35 bits per heavy atom. The smallest absolute Gasteiger partial charge is 0.331 e. The van der Waals surface area contributed by atoms with Crippen LogP contribution in [0, 0.1) is 0 Å². The lowest BCUT2D eigenvalue weighted by atomic mass is 10.2. The largest absolute Gasteiger partial charge is 0.452 e. The van der Waals surface area contributed by atoms with E-state index >= 15 is 0 Å². The highest BCUT2D eigenvalue weighted by Gasteiger charge is 2.21. The van der Waals surface area contributed by atoms with Crippen molar-refractivity contribution in [3.05, 3.63) is 35.9 Å². The lowest BCUT2D eigenvalue weighted by Gasteiger charge is -2.16. The summed E-state index contributed by atoms with van der Waals surface area (Å²) in [7, 11) is 0. The van der Waals surface area contributed by atoms with Gasteiger partial charge in [-0.3, -0.25) is 9.59 Å². The zero-order valence-electron chi connectivity index (χ0n) is 13.3. The molecule has 0 bridgehead atoms. The summed E-state index contributed by atoms with van der Waals surface area (Å²) in [5.41, 5.74) is 2.12. The number of benzene rings is 1. The molecule has 1 saturated heterocycles. The van der Waals surface area contributed by atoms with E-state index in [-0.39, 0.29) is 12.5 Å². The molecule has 0 aromatic heterocycles. The molecule has 1 aliphatic rings. The van der Waals surface area contributed by atoms with Gasteiger partial charge in [0.05, 0.1) is 0 Å². The molecule has 2 rings (SSSR count). The average molecular weight is 316 g/mol. The Morgan fingerprint density at radius 2 is 2.13 bits per heavy atom. The first kappa shape index (κ1) is 16.7. The van der Waals surface area contributed by atoms with Crippen molar-refractivity contribution in [2.75, 3.05) is 23.4 Å². The highest BCUT2D eigenvalue weighted by Crippen LogP contribution is 2.24. The minimum atomic E-state index is -0.545. The molecule has 122 valence electrons. The lowest BCUT2D eigenvalue weighted by Crippen LogP contribution is -2.24. The Balaban J connectivity index is 1.92. The van der Waals surface area contributed by atoms with Crippen LogP contribution in [0.1, 0.15) is 26.7 Å². The van der Waals surface area contributed by atoms with Crippen molar-refractivity contribution in [3.63, 3.8) is 0 Å². The number of allylic oxidation sites excluding steroid dienone is 1. The second-order valence-corrected chi connectivity index (χ2v) is 5.58. The maximum absolute atomic E-state index is 11.8. The quantitative estimate of drug-likeness (QED) is 0.668.